The molecule has 0 saturated carbocycles. The topological polar surface area (TPSA) is 64.2 Å². The van der Waals surface area contributed by atoms with Crippen molar-refractivity contribution in [3.8, 4) is 0 Å². The van der Waals surface area contributed by atoms with Crippen molar-refractivity contribution in [3.63, 3.8) is 0 Å². The van der Waals surface area contributed by atoms with Gasteiger partial charge < -0.3 is 9.73 Å². The largest absolute Gasteiger partial charge is 0.419 e. The van der Waals surface area contributed by atoms with Crippen molar-refractivity contribution in [2.45, 2.75) is 26.8 Å². The number of oxazole rings is 1. The number of halogens is 1. The summed E-state index contributed by atoms with van der Waals surface area (Å²) in [6.45, 7) is 4.17. The maximum atomic E-state index is 12.2. The number of benzene rings is 2. The average Bonchev–Trinajstić information content (AvgIpc) is 2.83. The zero-order valence-electron chi connectivity index (χ0n) is 13.4. The second-order valence-electron chi connectivity index (χ2n) is 5.75. The van der Waals surface area contributed by atoms with Crippen molar-refractivity contribution in [2.75, 3.05) is 5.32 Å². The summed E-state index contributed by atoms with van der Waals surface area (Å²) in [5, 5.41) is 3.38. The number of nitrogens with zero attached hydrogens (tertiary/aromatic N) is 1. The molecule has 0 bridgehead atoms. The molecular weight excluding hydrogens is 328 g/mol. The number of carbonyl (C=O) groups excluding carboxylic acids is 1. The van der Waals surface area contributed by atoms with Gasteiger partial charge >= 0.3 is 5.76 Å². The molecule has 0 unspecified atom stereocenters. The van der Waals surface area contributed by atoms with Crippen LogP contribution in [-0.2, 0) is 11.3 Å². The van der Waals surface area contributed by atoms with Crippen molar-refractivity contribution in [3.05, 3.63) is 63.1 Å². The number of hydrogen-bond acceptors (Lipinski definition) is 3. The minimum atomic E-state index is -0.494. The van der Waals surface area contributed by atoms with Crippen LogP contribution in [0.4, 0.5) is 5.69 Å². The molecule has 2 aromatic carbocycles. The molecule has 3 rings (SSSR count). The molecular formula is C18H17ClN2O3. The summed E-state index contributed by atoms with van der Waals surface area (Å²) in [7, 11) is 0. The lowest BCUT2D eigenvalue weighted by atomic mass is 10.1. The predicted octanol–water partition coefficient (Wildman–Crippen LogP) is 3.89. The highest BCUT2D eigenvalue weighted by Gasteiger charge is 2.12. The van der Waals surface area contributed by atoms with Crippen molar-refractivity contribution >= 4 is 34.3 Å². The smallest absolute Gasteiger partial charge is 0.408 e. The Kier molecular flexibility index (Phi) is 4.44. The van der Waals surface area contributed by atoms with Crippen molar-refractivity contribution in [1.29, 1.82) is 0 Å². The Hall–Kier alpha value is -2.53. The third-order valence-electron chi connectivity index (χ3n) is 3.85. The molecule has 0 aliphatic carbocycles. The molecule has 1 aromatic heterocycles. The van der Waals surface area contributed by atoms with Gasteiger partial charge in [0, 0.05) is 23.7 Å². The molecule has 3 aromatic rings. The van der Waals surface area contributed by atoms with E-state index in [4.69, 9.17) is 16.0 Å². The summed E-state index contributed by atoms with van der Waals surface area (Å²) in [5.41, 5.74) is 3.96. The fourth-order valence-corrected chi connectivity index (χ4v) is 2.79. The van der Waals surface area contributed by atoms with E-state index in [0.717, 1.165) is 16.8 Å². The van der Waals surface area contributed by atoms with E-state index in [-0.39, 0.29) is 18.9 Å². The maximum Gasteiger partial charge on any atom is 0.419 e. The Balaban J connectivity index is 1.74. The third-order valence-corrected chi connectivity index (χ3v) is 4.08. The summed E-state index contributed by atoms with van der Waals surface area (Å²) in [4.78, 5) is 24.1. The quantitative estimate of drug-likeness (QED) is 0.780. The normalized spacial score (nSPS) is 11.0. The molecule has 0 spiro atoms. The van der Waals surface area contributed by atoms with Crippen LogP contribution in [-0.4, -0.2) is 10.5 Å². The number of rotatable bonds is 4. The van der Waals surface area contributed by atoms with E-state index in [1.54, 1.807) is 18.2 Å². The van der Waals surface area contributed by atoms with Gasteiger partial charge in [0.25, 0.3) is 0 Å². The number of amides is 1. The summed E-state index contributed by atoms with van der Waals surface area (Å²) in [6, 6.07) is 10.8. The second-order valence-corrected chi connectivity index (χ2v) is 6.18. The highest BCUT2D eigenvalue weighted by Crippen LogP contribution is 2.19. The van der Waals surface area contributed by atoms with Crippen LogP contribution in [0.2, 0.25) is 5.02 Å². The van der Waals surface area contributed by atoms with Gasteiger partial charge in [0.05, 0.1) is 5.52 Å². The second kappa shape index (κ2) is 6.53. The first-order chi connectivity index (χ1) is 11.4. The third kappa shape index (κ3) is 3.36. The van der Waals surface area contributed by atoms with Crippen LogP contribution in [0, 0.1) is 13.8 Å². The zero-order valence-corrected chi connectivity index (χ0v) is 14.2. The van der Waals surface area contributed by atoms with Crippen molar-refractivity contribution in [1.82, 2.24) is 4.57 Å². The van der Waals surface area contributed by atoms with E-state index in [1.165, 1.54) is 4.57 Å². The van der Waals surface area contributed by atoms with Gasteiger partial charge in [-0.15, -0.1) is 0 Å². The van der Waals surface area contributed by atoms with E-state index in [2.05, 4.69) is 5.32 Å². The molecule has 0 radical (unpaired) electrons. The summed E-state index contributed by atoms with van der Waals surface area (Å²) in [6.07, 6.45) is 0.161. The average molecular weight is 345 g/mol. The lowest BCUT2D eigenvalue weighted by Crippen LogP contribution is -2.20. The van der Waals surface area contributed by atoms with Gasteiger partial charge in [-0.1, -0.05) is 29.3 Å². The monoisotopic (exact) mass is 344 g/mol. The van der Waals surface area contributed by atoms with Crippen molar-refractivity contribution in [2.24, 2.45) is 0 Å². The molecule has 1 amide bonds. The van der Waals surface area contributed by atoms with Gasteiger partial charge in [0.1, 0.15) is 0 Å². The standard InChI is InChI=1S/C18H17ClN2O3/c1-11-3-5-14(12(2)9-11)20-17(22)7-8-21-15-10-13(19)4-6-16(15)24-18(21)23/h3-6,9-10H,7-8H2,1-2H3,(H,20,22). The molecule has 124 valence electrons. The van der Waals surface area contributed by atoms with E-state index >= 15 is 0 Å². The lowest BCUT2D eigenvalue weighted by Gasteiger charge is -2.09. The highest BCUT2D eigenvalue weighted by atomic mass is 35.5. The Bertz CT molecular complexity index is 972. The first kappa shape index (κ1) is 16.3. The Morgan fingerprint density at radius 1 is 1.21 bits per heavy atom. The molecule has 24 heavy (non-hydrogen) atoms. The number of aromatic nitrogens is 1. The van der Waals surface area contributed by atoms with Gasteiger partial charge in [-0.25, -0.2) is 4.79 Å². The maximum absolute atomic E-state index is 12.2. The van der Waals surface area contributed by atoms with Crippen LogP contribution in [0.25, 0.3) is 11.1 Å². The molecule has 0 aliphatic heterocycles. The van der Waals surface area contributed by atoms with Crippen LogP contribution < -0.4 is 11.1 Å². The highest BCUT2D eigenvalue weighted by molar-refractivity contribution is 6.31. The van der Waals surface area contributed by atoms with Crippen LogP contribution in [0.5, 0.6) is 0 Å². The van der Waals surface area contributed by atoms with Crippen molar-refractivity contribution < 1.29 is 9.21 Å². The fraction of sp³-hybridized carbons (Fsp3) is 0.222. The minimum Gasteiger partial charge on any atom is -0.408 e. The van der Waals surface area contributed by atoms with E-state index in [9.17, 15) is 9.59 Å². The number of aryl methyl sites for hydroxylation is 3. The van der Waals surface area contributed by atoms with Gasteiger partial charge in [-0.05, 0) is 43.7 Å². The number of hydrogen-bond donors (Lipinski definition) is 1. The summed E-state index contributed by atoms with van der Waals surface area (Å²) >= 11 is 5.96. The Morgan fingerprint density at radius 3 is 2.75 bits per heavy atom. The first-order valence-corrected chi connectivity index (χ1v) is 7.98. The SMILES string of the molecule is Cc1ccc(NC(=O)CCn2c(=O)oc3ccc(Cl)cc32)c(C)c1. The number of fused-ring (bicyclic) bond motifs is 1. The number of nitrogens with one attached hydrogen (secondary N) is 1. The number of anilines is 1. The molecule has 0 aliphatic rings. The van der Waals surface area contributed by atoms with Gasteiger partial charge in [0.2, 0.25) is 5.91 Å². The van der Waals surface area contributed by atoms with Crippen LogP contribution in [0.3, 0.4) is 0 Å². The Morgan fingerprint density at radius 2 is 2.00 bits per heavy atom. The first-order valence-electron chi connectivity index (χ1n) is 7.60. The summed E-state index contributed by atoms with van der Waals surface area (Å²) < 4.78 is 6.57. The molecule has 1 N–H and O–H groups in total. The van der Waals surface area contributed by atoms with Crippen LogP contribution in [0.1, 0.15) is 17.5 Å². The van der Waals surface area contributed by atoms with E-state index in [1.807, 2.05) is 32.0 Å². The summed E-state index contributed by atoms with van der Waals surface area (Å²) in [5.74, 6) is -0.656. The van der Waals surface area contributed by atoms with Gasteiger partial charge in [0.15, 0.2) is 5.58 Å². The van der Waals surface area contributed by atoms with Gasteiger partial charge in [-0.3, -0.25) is 9.36 Å². The van der Waals surface area contributed by atoms with Crippen LogP contribution in [0.15, 0.2) is 45.6 Å². The molecule has 0 saturated heterocycles. The molecule has 1 heterocycles. The lowest BCUT2D eigenvalue weighted by molar-refractivity contribution is -0.116. The molecule has 5 nitrogen and oxygen atoms in total. The zero-order chi connectivity index (χ0) is 17.3. The fourth-order valence-electron chi connectivity index (χ4n) is 2.63. The minimum absolute atomic E-state index is 0.161. The van der Waals surface area contributed by atoms with Crippen LogP contribution >= 0.6 is 11.6 Å². The van der Waals surface area contributed by atoms with E-state index < -0.39 is 5.76 Å². The van der Waals surface area contributed by atoms with E-state index in [0.29, 0.717) is 16.1 Å². The van der Waals surface area contributed by atoms with Gasteiger partial charge in [-0.2, -0.15) is 0 Å². The predicted molar refractivity (Wildman–Crippen MR) is 94.6 cm³/mol. The molecule has 0 atom stereocenters. The Labute approximate surface area is 143 Å². The number of carbonyl (C=O) groups is 1. The molecule has 6 heteroatoms. The molecule has 0 fully saturated rings.